The van der Waals surface area contributed by atoms with Crippen molar-refractivity contribution in [1.29, 1.82) is 0 Å². The van der Waals surface area contributed by atoms with Crippen LogP contribution in [0.2, 0.25) is 0 Å². The van der Waals surface area contributed by atoms with Gasteiger partial charge in [-0.25, -0.2) is 23.3 Å². The quantitative estimate of drug-likeness (QED) is 0.496. The molecule has 1 aliphatic rings. The summed E-state index contributed by atoms with van der Waals surface area (Å²) in [4.78, 5) is 17.2. The number of pyridine rings is 1. The summed E-state index contributed by atoms with van der Waals surface area (Å²) in [7, 11) is -4.07. The zero-order valence-corrected chi connectivity index (χ0v) is 20.2. The van der Waals surface area contributed by atoms with E-state index in [2.05, 4.69) is 4.98 Å². The molecule has 3 N–H and O–H groups in total. The van der Waals surface area contributed by atoms with E-state index in [9.17, 15) is 18.3 Å². The van der Waals surface area contributed by atoms with Crippen molar-refractivity contribution >= 4 is 16.0 Å². The van der Waals surface area contributed by atoms with Crippen LogP contribution in [0.4, 0.5) is 0 Å². The largest absolute Gasteiger partial charge is 0.512 e. The van der Waals surface area contributed by atoms with Crippen molar-refractivity contribution < 1.29 is 23.1 Å². The molecule has 3 rings (SSSR count). The maximum absolute atomic E-state index is 13.2. The SMILES string of the molecule is CCCC1(CCC)CC(O)=C(C(CC)c2ccccc2-c2cccnc2S(N)(=O)=O)C(=O)O1. The second-order valence-electron chi connectivity index (χ2n) is 8.56. The van der Waals surface area contributed by atoms with E-state index in [1.54, 1.807) is 24.3 Å². The lowest BCUT2D eigenvalue weighted by Gasteiger charge is -2.38. The average Bonchev–Trinajstić information content (AvgIpc) is 2.76. The van der Waals surface area contributed by atoms with Crippen LogP contribution in [0.5, 0.6) is 0 Å². The van der Waals surface area contributed by atoms with Crippen molar-refractivity contribution in [3.8, 4) is 11.1 Å². The molecular weight excluding hydrogens is 440 g/mol. The maximum atomic E-state index is 13.2. The number of nitrogens with zero attached hydrogens (tertiary/aromatic N) is 1. The number of hydrogen-bond acceptors (Lipinski definition) is 6. The first-order valence-electron chi connectivity index (χ1n) is 11.4. The standard InChI is InChI=1S/C25H32N2O5S/c1-4-13-25(14-5-2)16-21(28)22(24(29)32-25)17(6-3)18-10-7-8-11-19(18)20-12-9-15-27-23(20)33(26,30)31/h7-12,15,17,28H,4-6,13-14,16H2,1-3H3,(H2,26,30,31). The normalized spacial score (nSPS) is 17.0. The number of carbonyl (C=O) groups is 1. The van der Waals surface area contributed by atoms with Crippen LogP contribution in [0.15, 0.2) is 59.0 Å². The number of benzene rings is 1. The second kappa shape index (κ2) is 10.1. The Morgan fingerprint density at radius 1 is 1.09 bits per heavy atom. The number of rotatable bonds is 9. The number of nitrogens with two attached hydrogens (primary N) is 1. The van der Waals surface area contributed by atoms with Crippen molar-refractivity contribution in [2.24, 2.45) is 5.14 Å². The van der Waals surface area contributed by atoms with E-state index < -0.39 is 27.5 Å². The number of primary sulfonamides is 1. The third-order valence-corrected chi connectivity index (χ3v) is 7.03. The third kappa shape index (κ3) is 5.12. The van der Waals surface area contributed by atoms with Crippen LogP contribution in [0.1, 0.15) is 70.8 Å². The zero-order valence-electron chi connectivity index (χ0n) is 19.4. The lowest BCUT2D eigenvalue weighted by atomic mass is 9.79. The number of carbonyl (C=O) groups excluding carboxylic acids is 1. The predicted molar refractivity (Wildman–Crippen MR) is 127 cm³/mol. The highest BCUT2D eigenvalue weighted by Gasteiger charge is 2.43. The Labute approximate surface area is 195 Å². The van der Waals surface area contributed by atoms with Crippen molar-refractivity contribution in [3.05, 3.63) is 59.5 Å². The van der Waals surface area contributed by atoms with E-state index in [0.717, 1.165) is 12.8 Å². The van der Waals surface area contributed by atoms with Crippen LogP contribution in [0.25, 0.3) is 11.1 Å². The predicted octanol–water partition coefficient (Wildman–Crippen LogP) is 4.99. The summed E-state index contributed by atoms with van der Waals surface area (Å²) in [6.07, 6.45) is 5.21. The summed E-state index contributed by atoms with van der Waals surface area (Å²) < 4.78 is 30.3. The first kappa shape index (κ1) is 24.9. The highest BCUT2D eigenvalue weighted by molar-refractivity contribution is 7.89. The molecule has 1 unspecified atom stereocenters. The smallest absolute Gasteiger partial charge is 0.338 e. The summed E-state index contributed by atoms with van der Waals surface area (Å²) in [5.74, 6) is -0.948. The molecule has 2 heterocycles. The molecule has 33 heavy (non-hydrogen) atoms. The molecule has 0 saturated carbocycles. The Hall–Kier alpha value is -2.71. The first-order chi connectivity index (χ1) is 15.7. The fourth-order valence-electron chi connectivity index (χ4n) is 4.91. The third-order valence-electron chi connectivity index (χ3n) is 6.16. The van der Waals surface area contributed by atoms with Crippen LogP contribution in [0, 0.1) is 0 Å². The highest BCUT2D eigenvalue weighted by Crippen LogP contribution is 2.44. The highest BCUT2D eigenvalue weighted by atomic mass is 32.2. The molecule has 0 spiro atoms. The van der Waals surface area contributed by atoms with Gasteiger partial charge in [0.1, 0.15) is 11.4 Å². The summed E-state index contributed by atoms with van der Waals surface area (Å²) in [6.45, 7) is 5.98. The van der Waals surface area contributed by atoms with Crippen molar-refractivity contribution in [2.45, 2.75) is 75.8 Å². The number of ether oxygens (including phenoxy) is 1. The molecular formula is C25H32N2O5S. The zero-order chi connectivity index (χ0) is 24.2. The van der Waals surface area contributed by atoms with Crippen molar-refractivity contribution in [2.75, 3.05) is 0 Å². The fourth-order valence-corrected chi connectivity index (χ4v) is 5.60. The molecule has 1 aromatic carbocycles. The van der Waals surface area contributed by atoms with Gasteiger partial charge in [-0.1, -0.05) is 57.9 Å². The minimum atomic E-state index is -4.07. The average molecular weight is 473 g/mol. The molecule has 1 aromatic heterocycles. The molecule has 7 nitrogen and oxygen atoms in total. The Kier molecular flexibility index (Phi) is 7.59. The van der Waals surface area contributed by atoms with Gasteiger partial charge in [0.25, 0.3) is 10.0 Å². The van der Waals surface area contributed by atoms with Crippen LogP contribution >= 0.6 is 0 Å². The molecule has 1 aliphatic heterocycles. The Balaban J connectivity index is 2.15. The van der Waals surface area contributed by atoms with Gasteiger partial charge in [0, 0.05) is 24.1 Å². The minimum absolute atomic E-state index is 0.0488. The molecule has 8 heteroatoms. The van der Waals surface area contributed by atoms with Gasteiger partial charge in [0.15, 0.2) is 5.03 Å². The van der Waals surface area contributed by atoms with E-state index in [1.165, 1.54) is 6.20 Å². The van der Waals surface area contributed by atoms with Gasteiger partial charge < -0.3 is 9.84 Å². The van der Waals surface area contributed by atoms with E-state index in [1.807, 2.05) is 32.9 Å². The first-order valence-corrected chi connectivity index (χ1v) is 12.9. The van der Waals surface area contributed by atoms with Gasteiger partial charge in [0.05, 0.1) is 5.57 Å². The van der Waals surface area contributed by atoms with E-state index in [0.29, 0.717) is 36.0 Å². The Morgan fingerprint density at radius 3 is 2.30 bits per heavy atom. The van der Waals surface area contributed by atoms with Gasteiger partial charge in [-0.15, -0.1) is 0 Å². The lowest BCUT2D eigenvalue weighted by molar-refractivity contribution is -0.161. The van der Waals surface area contributed by atoms with Gasteiger partial charge in [-0.3, -0.25) is 0 Å². The van der Waals surface area contributed by atoms with E-state index >= 15 is 0 Å². The molecule has 0 fully saturated rings. The fraction of sp³-hybridized carbons (Fsp3) is 0.440. The number of hydrogen-bond donors (Lipinski definition) is 2. The summed E-state index contributed by atoms with van der Waals surface area (Å²) >= 11 is 0. The molecule has 0 saturated heterocycles. The van der Waals surface area contributed by atoms with Crippen molar-refractivity contribution in [3.63, 3.8) is 0 Å². The topological polar surface area (TPSA) is 120 Å². The molecule has 0 aliphatic carbocycles. The Morgan fingerprint density at radius 2 is 1.73 bits per heavy atom. The summed E-state index contributed by atoms with van der Waals surface area (Å²) in [5, 5.41) is 16.3. The second-order valence-corrected chi connectivity index (χ2v) is 10.0. The Bertz CT molecular complexity index is 1150. The molecule has 1 atom stereocenters. The lowest BCUT2D eigenvalue weighted by Crippen LogP contribution is -2.41. The van der Waals surface area contributed by atoms with Crippen LogP contribution < -0.4 is 5.14 Å². The number of aliphatic hydroxyl groups excluding tert-OH is 1. The van der Waals surface area contributed by atoms with Crippen LogP contribution in [0.3, 0.4) is 0 Å². The number of esters is 1. The molecule has 0 amide bonds. The van der Waals surface area contributed by atoms with E-state index in [4.69, 9.17) is 9.88 Å². The number of sulfonamides is 1. The monoisotopic (exact) mass is 472 g/mol. The molecule has 178 valence electrons. The minimum Gasteiger partial charge on any atom is -0.512 e. The number of aliphatic hydroxyl groups is 1. The van der Waals surface area contributed by atoms with E-state index in [-0.39, 0.29) is 22.8 Å². The van der Waals surface area contributed by atoms with Gasteiger partial charge >= 0.3 is 5.97 Å². The molecule has 0 bridgehead atoms. The molecule has 2 aromatic rings. The van der Waals surface area contributed by atoms with Gasteiger partial charge in [-0.2, -0.15) is 0 Å². The van der Waals surface area contributed by atoms with Crippen LogP contribution in [-0.2, 0) is 19.6 Å². The van der Waals surface area contributed by atoms with Gasteiger partial charge in [-0.05, 0) is 42.5 Å². The summed E-state index contributed by atoms with van der Waals surface area (Å²) in [5.41, 5.74) is 1.19. The summed E-state index contributed by atoms with van der Waals surface area (Å²) in [6, 6.07) is 10.5. The number of cyclic esters (lactones) is 1. The number of aromatic nitrogens is 1. The maximum Gasteiger partial charge on any atom is 0.338 e. The molecule has 0 radical (unpaired) electrons. The van der Waals surface area contributed by atoms with Gasteiger partial charge in [0.2, 0.25) is 0 Å². The van der Waals surface area contributed by atoms with Crippen molar-refractivity contribution in [1.82, 2.24) is 4.98 Å². The van der Waals surface area contributed by atoms with Crippen LogP contribution in [-0.4, -0.2) is 30.1 Å².